The third-order valence-electron chi connectivity index (χ3n) is 4.68. The summed E-state index contributed by atoms with van der Waals surface area (Å²) in [7, 11) is 1.32. The SMILES string of the molecule is COC(=O)c1ccnc(-c2cccc3cc(Cc4cccc(C(F)(F)F)c4)sc23)c1. The third kappa shape index (κ3) is 4.07. The minimum Gasteiger partial charge on any atom is -0.465 e. The Morgan fingerprint density at radius 3 is 2.63 bits per heavy atom. The number of hydrogen-bond acceptors (Lipinski definition) is 4. The Balaban J connectivity index is 1.71. The highest BCUT2D eigenvalue weighted by atomic mass is 32.1. The zero-order chi connectivity index (χ0) is 21.3. The van der Waals surface area contributed by atoms with E-state index >= 15 is 0 Å². The molecular weight excluding hydrogens is 411 g/mol. The van der Waals surface area contributed by atoms with Gasteiger partial charge in [-0.05, 0) is 35.2 Å². The summed E-state index contributed by atoms with van der Waals surface area (Å²) in [6.45, 7) is 0. The van der Waals surface area contributed by atoms with Gasteiger partial charge < -0.3 is 4.74 Å². The van der Waals surface area contributed by atoms with Crippen LogP contribution in [0.15, 0.2) is 66.9 Å². The maximum absolute atomic E-state index is 13.0. The number of carbonyl (C=O) groups is 1. The molecular formula is C23H16F3NO2S. The number of methoxy groups -OCH3 is 1. The number of rotatable bonds is 4. The standard InChI is InChI=1S/C23H16F3NO2S/c1-29-22(28)16-8-9-27-20(13-16)19-7-3-5-15-12-18(30-21(15)19)11-14-4-2-6-17(10-14)23(24,25)26/h2-10,12-13H,11H2,1H3. The van der Waals surface area contributed by atoms with Crippen LogP contribution in [0.2, 0.25) is 0 Å². The van der Waals surface area contributed by atoms with Crippen molar-refractivity contribution in [1.82, 2.24) is 4.98 Å². The average Bonchev–Trinajstić information content (AvgIpc) is 3.15. The first-order chi connectivity index (χ1) is 14.3. The van der Waals surface area contributed by atoms with Gasteiger partial charge in [0, 0.05) is 27.8 Å². The quantitative estimate of drug-likeness (QED) is 0.356. The molecule has 0 spiro atoms. The number of pyridine rings is 1. The molecule has 0 saturated heterocycles. The first-order valence-corrected chi connectivity index (χ1v) is 9.89. The number of thiophene rings is 1. The number of carbonyl (C=O) groups excluding carboxylic acids is 1. The van der Waals surface area contributed by atoms with Gasteiger partial charge in [-0.25, -0.2) is 4.79 Å². The fourth-order valence-corrected chi connectivity index (χ4v) is 4.50. The Bertz CT molecular complexity index is 1230. The van der Waals surface area contributed by atoms with E-state index < -0.39 is 17.7 Å². The molecule has 2 aromatic carbocycles. The number of esters is 1. The van der Waals surface area contributed by atoms with E-state index in [0.717, 1.165) is 26.6 Å². The van der Waals surface area contributed by atoms with Crippen molar-refractivity contribution in [2.24, 2.45) is 0 Å². The van der Waals surface area contributed by atoms with Gasteiger partial charge >= 0.3 is 12.1 Å². The van der Waals surface area contributed by atoms with Crippen LogP contribution in [0, 0.1) is 0 Å². The fourth-order valence-electron chi connectivity index (χ4n) is 3.29. The van der Waals surface area contributed by atoms with Crippen LogP contribution in [0.25, 0.3) is 21.3 Å². The van der Waals surface area contributed by atoms with Crippen molar-refractivity contribution < 1.29 is 22.7 Å². The molecule has 7 heteroatoms. The highest BCUT2D eigenvalue weighted by molar-refractivity contribution is 7.19. The van der Waals surface area contributed by atoms with Gasteiger partial charge in [-0.2, -0.15) is 13.2 Å². The van der Waals surface area contributed by atoms with Crippen molar-refractivity contribution in [2.75, 3.05) is 7.11 Å². The lowest BCUT2D eigenvalue weighted by atomic mass is 10.1. The van der Waals surface area contributed by atoms with Gasteiger partial charge in [0.15, 0.2) is 0 Å². The number of ether oxygens (including phenoxy) is 1. The molecule has 0 amide bonds. The Morgan fingerprint density at radius 1 is 1.07 bits per heavy atom. The predicted octanol–water partition coefficient (Wildman–Crippen LogP) is 6.36. The van der Waals surface area contributed by atoms with Crippen LogP contribution in [0.4, 0.5) is 13.2 Å². The van der Waals surface area contributed by atoms with Crippen LogP contribution in [0.1, 0.15) is 26.4 Å². The molecule has 4 rings (SSSR count). The molecule has 3 nitrogen and oxygen atoms in total. The van der Waals surface area contributed by atoms with Crippen LogP contribution >= 0.6 is 11.3 Å². The van der Waals surface area contributed by atoms with Crippen molar-refractivity contribution in [3.05, 3.63) is 88.4 Å². The second kappa shape index (κ2) is 7.91. The van der Waals surface area contributed by atoms with Crippen molar-refractivity contribution >= 4 is 27.4 Å². The molecule has 2 heterocycles. The molecule has 0 aliphatic heterocycles. The van der Waals surface area contributed by atoms with E-state index in [2.05, 4.69) is 4.98 Å². The number of aromatic nitrogens is 1. The van der Waals surface area contributed by atoms with E-state index in [4.69, 9.17) is 4.74 Å². The van der Waals surface area contributed by atoms with E-state index in [9.17, 15) is 18.0 Å². The number of halogens is 3. The minimum absolute atomic E-state index is 0.401. The zero-order valence-electron chi connectivity index (χ0n) is 15.9. The molecule has 0 radical (unpaired) electrons. The van der Waals surface area contributed by atoms with E-state index in [1.807, 2.05) is 24.3 Å². The Kier molecular flexibility index (Phi) is 5.30. The van der Waals surface area contributed by atoms with E-state index in [1.165, 1.54) is 30.6 Å². The van der Waals surface area contributed by atoms with Gasteiger partial charge in [-0.3, -0.25) is 4.98 Å². The van der Waals surface area contributed by atoms with Gasteiger partial charge in [0.05, 0.1) is 23.9 Å². The summed E-state index contributed by atoms with van der Waals surface area (Å²) in [4.78, 5) is 17.2. The summed E-state index contributed by atoms with van der Waals surface area (Å²) in [5, 5.41) is 0.977. The highest BCUT2D eigenvalue weighted by Crippen LogP contribution is 2.36. The Morgan fingerprint density at radius 2 is 1.87 bits per heavy atom. The second-order valence-electron chi connectivity index (χ2n) is 6.73. The number of nitrogens with zero attached hydrogens (tertiary/aromatic N) is 1. The lowest BCUT2D eigenvalue weighted by Crippen LogP contribution is -2.05. The predicted molar refractivity (Wildman–Crippen MR) is 111 cm³/mol. The lowest BCUT2D eigenvalue weighted by Gasteiger charge is -2.08. The molecule has 0 saturated carbocycles. The molecule has 0 aliphatic rings. The van der Waals surface area contributed by atoms with Crippen molar-refractivity contribution in [3.63, 3.8) is 0 Å². The smallest absolute Gasteiger partial charge is 0.416 e. The molecule has 2 aromatic heterocycles. The molecule has 30 heavy (non-hydrogen) atoms. The molecule has 152 valence electrons. The molecule has 0 atom stereocenters. The summed E-state index contributed by atoms with van der Waals surface area (Å²) < 4.78 is 44.7. The Labute approximate surface area is 174 Å². The molecule has 0 N–H and O–H groups in total. The van der Waals surface area contributed by atoms with Crippen LogP contribution < -0.4 is 0 Å². The summed E-state index contributed by atoms with van der Waals surface area (Å²) in [5.74, 6) is -0.442. The summed E-state index contributed by atoms with van der Waals surface area (Å²) in [6, 6.07) is 16.4. The molecule has 0 bridgehead atoms. The van der Waals surface area contributed by atoms with Gasteiger partial charge in [-0.1, -0.05) is 36.4 Å². The normalized spacial score (nSPS) is 11.6. The molecule has 0 unspecified atom stereocenters. The molecule has 0 aliphatic carbocycles. The first kappa shape index (κ1) is 20.1. The largest absolute Gasteiger partial charge is 0.465 e. The van der Waals surface area contributed by atoms with Gasteiger partial charge in [0.1, 0.15) is 0 Å². The summed E-state index contributed by atoms with van der Waals surface area (Å²) >= 11 is 1.51. The van der Waals surface area contributed by atoms with Crippen molar-refractivity contribution in [2.45, 2.75) is 12.6 Å². The fraction of sp³-hybridized carbons (Fsp3) is 0.130. The van der Waals surface area contributed by atoms with Crippen molar-refractivity contribution in [3.8, 4) is 11.3 Å². The van der Waals surface area contributed by atoms with Crippen LogP contribution in [-0.4, -0.2) is 18.1 Å². The highest BCUT2D eigenvalue weighted by Gasteiger charge is 2.30. The van der Waals surface area contributed by atoms with E-state index in [1.54, 1.807) is 24.4 Å². The van der Waals surface area contributed by atoms with Crippen molar-refractivity contribution in [1.29, 1.82) is 0 Å². The van der Waals surface area contributed by atoms with Crippen LogP contribution in [0.5, 0.6) is 0 Å². The lowest BCUT2D eigenvalue weighted by molar-refractivity contribution is -0.137. The second-order valence-corrected chi connectivity index (χ2v) is 7.87. The van der Waals surface area contributed by atoms with Crippen LogP contribution in [-0.2, 0) is 17.3 Å². The number of fused-ring (bicyclic) bond motifs is 1. The van der Waals surface area contributed by atoms with Gasteiger partial charge in [0.25, 0.3) is 0 Å². The Hall–Kier alpha value is -3.19. The van der Waals surface area contributed by atoms with E-state index in [-0.39, 0.29) is 0 Å². The number of benzene rings is 2. The van der Waals surface area contributed by atoms with Gasteiger partial charge in [-0.15, -0.1) is 11.3 Å². The average molecular weight is 427 g/mol. The zero-order valence-corrected chi connectivity index (χ0v) is 16.7. The minimum atomic E-state index is -4.36. The number of alkyl halides is 3. The summed E-state index contributed by atoms with van der Waals surface area (Å²) in [6.07, 6.45) is -2.41. The molecule has 4 aromatic rings. The van der Waals surface area contributed by atoms with E-state index in [0.29, 0.717) is 23.2 Å². The topological polar surface area (TPSA) is 39.2 Å². The van der Waals surface area contributed by atoms with Gasteiger partial charge in [0.2, 0.25) is 0 Å². The maximum Gasteiger partial charge on any atom is 0.416 e. The third-order valence-corrected chi connectivity index (χ3v) is 5.87. The number of hydrogen-bond donors (Lipinski definition) is 0. The first-order valence-electron chi connectivity index (χ1n) is 9.07. The molecule has 0 fully saturated rings. The maximum atomic E-state index is 13.0. The summed E-state index contributed by atoms with van der Waals surface area (Å²) in [5.41, 5.74) is 1.85. The monoisotopic (exact) mass is 427 g/mol. The van der Waals surface area contributed by atoms with Crippen LogP contribution in [0.3, 0.4) is 0 Å².